The molecule has 0 saturated carbocycles. The molecule has 0 radical (unpaired) electrons. The molecular weight excluding hydrogens is 466 g/mol. The molecule has 0 saturated heterocycles. The molecule has 1 aromatic heterocycles. The van der Waals surface area contributed by atoms with E-state index in [0.717, 1.165) is 11.3 Å². The number of hydrogen-bond donors (Lipinski definition) is 2. The first-order valence-corrected chi connectivity index (χ1v) is 10.3. The van der Waals surface area contributed by atoms with Gasteiger partial charge in [0, 0.05) is 22.3 Å². The van der Waals surface area contributed by atoms with Crippen LogP contribution >= 0.6 is 22.9 Å². The summed E-state index contributed by atoms with van der Waals surface area (Å²) in [5, 5.41) is 0.631. The topological polar surface area (TPSA) is 121 Å². The van der Waals surface area contributed by atoms with Crippen LogP contribution in [0.1, 0.15) is 22.2 Å². The molecule has 12 heteroatoms. The highest BCUT2D eigenvalue weighted by Crippen LogP contribution is 2.45. The van der Waals surface area contributed by atoms with Gasteiger partial charge in [0.1, 0.15) is 16.7 Å². The Balaban J connectivity index is 1.74. The lowest BCUT2D eigenvalue weighted by Crippen LogP contribution is -2.39. The molecule has 4 rings (SSSR count). The van der Waals surface area contributed by atoms with E-state index in [2.05, 4.69) is 14.5 Å². The highest BCUT2D eigenvalue weighted by Gasteiger charge is 2.44. The van der Waals surface area contributed by atoms with Crippen LogP contribution < -0.4 is 25.8 Å². The number of nitrogens with zero attached hydrogens (tertiary/aromatic N) is 2. The van der Waals surface area contributed by atoms with Crippen molar-refractivity contribution in [1.29, 1.82) is 0 Å². The van der Waals surface area contributed by atoms with E-state index in [-0.39, 0.29) is 38.8 Å². The van der Waals surface area contributed by atoms with Gasteiger partial charge in [0.15, 0.2) is 16.6 Å². The quantitative estimate of drug-likeness (QED) is 0.512. The van der Waals surface area contributed by atoms with Gasteiger partial charge < -0.3 is 25.8 Å². The Morgan fingerprint density at radius 2 is 1.81 bits per heavy atom. The second-order valence-electron chi connectivity index (χ2n) is 6.79. The third kappa shape index (κ3) is 4.04. The number of carbonyl (C=O) groups excluding carboxylic acids is 2. The molecule has 0 aliphatic carbocycles. The molecule has 0 fully saturated rings. The zero-order valence-electron chi connectivity index (χ0n) is 16.3. The number of carbonyl (C=O) groups is 2. The van der Waals surface area contributed by atoms with Crippen LogP contribution in [0.2, 0.25) is 5.02 Å². The Kier molecular flexibility index (Phi) is 5.39. The smallest absolute Gasteiger partial charge is 0.395 e. The average molecular weight is 481 g/mol. The molecule has 0 bridgehead atoms. The summed E-state index contributed by atoms with van der Waals surface area (Å²) in [6.07, 6.45) is -3.80. The zero-order chi connectivity index (χ0) is 23.2. The number of halogens is 3. The minimum absolute atomic E-state index is 0.0566. The molecule has 1 unspecified atom stereocenters. The number of primary amides is 1. The van der Waals surface area contributed by atoms with Gasteiger partial charge in [0.05, 0.1) is 0 Å². The lowest BCUT2D eigenvalue weighted by molar-refractivity contribution is -0.286. The number of ketones is 1. The maximum absolute atomic E-state index is 13.4. The van der Waals surface area contributed by atoms with Gasteiger partial charge >= 0.3 is 6.29 Å². The maximum Gasteiger partial charge on any atom is 0.586 e. The highest BCUT2D eigenvalue weighted by molar-refractivity contribution is 7.18. The third-order valence-electron chi connectivity index (χ3n) is 4.62. The second kappa shape index (κ2) is 7.92. The summed E-state index contributed by atoms with van der Waals surface area (Å²) in [4.78, 5) is 30.6. The number of amides is 1. The van der Waals surface area contributed by atoms with Crippen LogP contribution in [0.25, 0.3) is 0 Å². The summed E-state index contributed by atoms with van der Waals surface area (Å²) in [5.41, 5.74) is 12.1. The van der Waals surface area contributed by atoms with Gasteiger partial charge in [-0.15, -0.1) is 8.78 Å². The van der Waals surface area contributed by atoms with Crippen molar-refractivity contribution in [1.82, 2.24) is 4.98 Å². The Labute approximate surface area is 189 Å². The van der Waals surface area contributed by atoms with E-state index < -0.39 is 18.2 Å². The van der Waals surface area contributed by atoms with E-state index in [9.17, 15) is 18.4 Å². The van der Waals surface area contributed by atoms with E-state index in [1.165, 1.54) is 30.0 Å². The Morgan fingerprint density at radius 1 is 1.16 bits per heavy atom. The van der Waals surface area contributed by atoms with Crippen molar-refractivity contribution >= 4 is 51.3 Å². The first-order chi connectivity index (χ1) is 15.1. The fourth-order valence-electron chi connectivity index (χ4n) is 3.03. The van der Waals surface area contributed by atoms with Crippen LogP contribution in [-0.2, 0) is 4.79 Å². The van der Waals surface area contributed by atoms with Crippen molar-refractivity contribution in [3.05, 3.63) is 57.9 Å². The molecule has 166 valence electrons. The molecule has 8 nitrogen and oxygen atoms in total. The Hall–Kier alpha value is -3.44. The van der Waals surface area contributed by atoms with Crippen molar-refractivity contribution in [2.75, 3.05) is 10.6 Å². The van der Waals surface area contributed by atoms with E-state index in [1.54, 1.807) is 24.3 Å². The van der Waals surface area contributed by atoms with Crippen LogP contribution in [-0.4, -0.2) is 29.0 Å². The van der Waals surface area contributed by atoms with Gasteiger partial charge in [-0.05, 0) is 43.3 Å². The molecule has 0 spiro atoms. The van der Waals surface area contributed by atoms with Crippen molar-refractivity contribution in [2.45, 2.75) is 19.3 Å². The summed E-state index contributed by atoms with van der Waals surface area (Å²) >= 11 is 6.79. The number of hydrogen-bond acceptors (Lipinski definition) is 8. The number of thiazole rings is 1. The predicted octanol–water partition coefficient (Wildman–Crippen LogP) is 3.94. The number of fused-ring (bicyclic) bond motifs is 1. The molecule has 3 aromatic rings. The van der Waals surface area contributed by atoms with E-state index in [0.29, 0.717) is 10.6 Å². The largest absolute Gasteiger partial charge is 0.586 e. The number of rotatable bonds is 6. The lowest BCUT2D eigenvalue weighted by atomic mass is 10.1. The number of alkyl halides is 2. The first-order valence-electron chi connectivity index (χ1n) is 9.11. The minimum Gasteiger partial charge on any atom is -0.395 e. The lowest BCUT2D eigenvalue weighted by Gasteiger charge is -2.26. The van der Waals surface area contributed by atoms with Gasteiger partial charge in [0.2, 0.25) is 11.7 Å². The van der Waals surface area contributed by atoms with Crippen molar-refractivity contribution in [2.24, 2.45) is 5.73 Å². The van der Waals surface area contributed by atoms with Gasteiger partial charge in [-0.1, -0.05) is 22.9 Å². The third-order valence-corrected chi connectivity index (χ3v) is 5.94. The van der Waals surface area contributed by atoms with E-state index >= 15 is 0 Å². The number of nitrogens with two attached hydrogens (primary N) is 2. The second-order valence-corrected chi connectivity index (χ2v) is 8.21. The highest BCUT2D eigenvalue weighted by atomic mass is 35.5. The fourth-order valence-corrected chi connectivity index (χ4v) is 4.21. The zero-order valence-corrected chi connectivity index (χ0v) is 17.9. The van der Waals surface area contributed by atoms with Crippen LogP contribution in [0.5, 0.6) is 11.5 Å². The summed E-state index contributed by atoms with van der Waals surface area (Å²) in [6.45, 7) is 1.50. The monoisotopic (exact) mass is 480 g/mol. The average Bonchev–Trinajstić information content (AvgIpc) is 3.25. The first kappa shape index (κ1) is 21.8. The van der Waals surface area contributed by atoms with E-state index in [4.69, 9.17) is 23.1 Å². The minimum atomic E-state index is -3.80. The van der Waals surface area contributed by atoms with Gasteiger partial charge in [-0.2, -0.15) is 0 Å². The molecule has 4 N–H and O–H groups in total. The molecule has 32 heavy (non-hydrogen) atoms. The Bertz CT molecular complexity index is 1220. The van der Waals surface area contributed by atoms with Gasteiger partial charge in [0.25, 0.3) is 0 Å². The molecule has 1 amide bonds. The number of nitrogen functional groups attached to an aromatic ring is 1. The fraction of sp³-hybridized carbons (Fsp3) is 0.150. The molecule has 2 heterocycles. The maximum atomic E-state index is 13.4. The standard InChI is InChI=1S/C20H15ClF2N4O4S/c1-9(18(25)29)27(12-6-7-13-14(8-12)31-20(22,23)30-13)19-26-17(24)16(32-19)15(28)10-2-4-11(21)5-3-10/h2-9H,24H2,1H3,(H2,25,29). The van der Waals surface area contributed by atoms with Crippen molar-refractivity contribution in [3.8, 4) is 11.5 Å². The number of anilines is 3. The number of benzene rings is 2. The summed E-state index contributed by atoms with van der Waals surface area (Å²) in [7, 11) is 0. The molecule has 1 atom stereocenters. The van der Waals surface area contributed by atoms with Crippen molar-refractivity contribution < 1.29 is 27.8 Å². The van der Waals surface area contributed by atoms with Crippen LogP contribution in [0, 0.1) is 0 Å². The summed E-state index contributed by atoms with van der Waals surface area (Å²) in [5.74, 6) is -1.55. The summed E-state index contributed by atoms with van der Waals surface area (Å²) < 4.78 is 35.7. The van der Waals surface area contributed by atoms with Gasteiger partial charge in [-0.25, -0.2) is 4.98 Å². The molecule has 1 aliphatic rings. The predicted molar refractivity (Wildman–Crippen MR) is 115 cm³/mol. The van der Waals surface area contributed by atoms with Crippen LogP contribution in [0.15, 0.2) is 42.5 Å². The number of aromatic nitrogens is 1. The Morgan fingerprint density at radius 3 is 2.47 bits per heavy atom. The van der Waals surface area contributed by atoms with E-state index in [1.807, 2.05) is 0 Å². The molecule has 2 aromatic carbocycles. The van der Waals surface area contributed by atoms with Crippen LogP contribution in [0.3, 0.4) is 0 Å². The summed E-state index contributed by atoms with van der Waals surface area (Å²) in [6, 6.07) is 9.22. The molecular formula is C20H15ClF2N4O4S. The normalized spacial score (nSPS) is 14.8. The van der Waals surface area contributed by atoms with Gasteiger partial charge in [-0.3, -0.25) is 9.59 Å². The SMILES string of the molecule is CC(C(N)=O)N(c1ccc2c(c1)OC(F)(F)O2)c1nc(N)c(C(=O)c2ccc(Cl)cc2)s1. The van der Waals surface area contributed by atoms with Crippen molar-refractivity contribution in [3.63, 3.8) is 0 Å². The number of ether oxygens (including phenoxy) is 2. The molecule has 1 aliphatic heterocycles. The van der Waals surface area contributed by atoms with Crippen LogP contribution in [0.4, 0.5) is 25.4 Å².